The van der Waals surface area contributed by atoms with Crippen LogP contribution in [0.15, 0.2) is 27.8 Å². The molecule has 0 aliphatic carbocycles. The van der Waals surface area contributed by atoms with Crippen molar-refractivity contribution >= 4 is 17.5 Å². The van der Waals surface area contributed by atoms with Gasteiger partial charge in [0, 0.05) is 33.3 Å². The van der Waals surface area contributed by atoms with Crippen molar-refractivity contribution < 1.29 is 27.1 Å². The molecule has 12 heteroatoms. The Balaban J connectivity index is 2.62. The van der Waals surface area contributed by atoms with Crippen molar-refractivity contribution in [2.24, 2.45) is 7.05 Å². The monoisotopic (exact) mass is 423 g/mol. The van der Waals surface area contributed by atoms with Crippen LogP contribution in [0.3, 0.4) is 0 Å². The SMILES string of the molecule is CN(C)C(=O)COc1cc(-n2c(=O)cc(C(F)(F)F)n(C)c2=O)c(F)cc1Cl. The van der Waals surface area contributed by atoms with Gasteiger partial charge in [-0.1, -0.05) is 11.6 Å². The van der Waals surface area contributed by atoms with Crippen molar-refractivity contribution in [1.82, 2.24) is 14.0 Å². The molecule has 1 aromatic heterocycles. The van der Waals surface area contributed by atoms with Crippen molar-refractivity contribution in [3.05, 3.63) is 55.6 Å². The zero-order valence-corrected chi connectivity index (χ0v) is 15.6. The normalized spacial score (nSPS) is 11.4. The summed E-state index contributed by atoms with van der Waals surface area (Å²) in [4.78, 5) is 37.2. The number of alkyl halides is 3. The predicted molar refractivity (Wildman–Crippen MR) is 91.4 cm³/mol. The average molecular weight is 424 g/mol. The Morgan fingerprint density at radius 3 is 2.36 bits per heavy atom. The first-order valence-electron chi connectivity index (χ1n) is 7.57. The Morgan fingerprint density at radius 1 is 1.21 bits per heavy atom. The number of aromatic nitrogens is 2. The summed E-state index contributed by atoms with van der Waals surface area (Å²) in [5, 5.41) is -0.260. The van der Waals surface area contributed by atoms with Gasteiger partial charge in [0.15, 0.2) is 6.61 Å². The van der Waals surface area contributed by atoms with E-state index in [1.165, 1.54) is 19.0 Å². The molecule has 0 spiro atoms. The van der Waals surface area contributed by atoms with E-state index < -0.39 is 47.1 Å². The maximum Gasteiger partial charge on any atom is 0.431 e. The van der Waals surface area contributed by atoms with Crippen LogP contribution in [0.1, 0.15) is 5.69 Å². The highest BCUT2D eigenvalue weighted by molar-refractivity contribution is 6.32. The van der Waals surface area contributed by atoms with E-state index in [-0.39, 0.29) is 26.0 Å². The Morgan fingerprint density at radius 2 is 1.82 bits per heavy atom. The first-order chi connectivity index (χ1) is 12.8. The number of rotatable bonds is 4. The molecule has 2 rings (SSSR count). The van der Waals surface area contributed by atoms with Crippen molar-refractivity contribution in [3.8, 4) is 11.4 Å². The van der Waals surface area contributed by atoms with Crippen molar-refractivity contribution in [3.63, 3.8) is 0 Å². The number of amides is 1. The third kappa shape index (κ3) is 4.19. The van der Waals surface area contributed by atoms with E-state index in [0.717, 1.165) is 19.2 Å². The van der Waals surface area contributed by atoms with Gasteiger partial charge in [-0.05, 0) is 6.07 Å². The molecule has 152 valence electrons. The van der Waals surface area contributed by atoms with Gasteiger partial charge in [0.25, 0.3) is 11.5 Å². The first kappa shape index (κ1) is 21.5. The minimum absolute atomic E-state index is 0.172. The predicted octanol–water partition coefficient (Wildman–Crippen LogP) is 1.81. The molecular formula is C16H14ClF4N3O4. The van der Waals surface area contributed by atoms with E-state index in [9.17, 15) is 31.9 Å². The standard InChI is InChI=1S/C16H14ClF4N3O4/c1-22(2)14(26)7-28-11-5-10(9(18)4-8(11)17)24-13(25)6-12(16(19,20)21)23(3)15(24)27/h4-6H,7H2,1-3H3. The number of carbonyl (C=O) groups is 1. The van der Waals surface area contributed by atoms with Gasteiger partial charge < -0.3 is 9.64 Å². The van der Waals surface area contributed by atoms with Gasteiger partial charge in [-0.15, -0.1) is 0 Å². The molecule has 0 N–H and O–H groups in total. The molecule has 1 aromatic carbocycles. The lowest BCUT2D eigenvalue weighted by molar-refractivity contribution is -0.144. The van der Waals surface area contributed by atoms with Gasteiger partial charge in [-0.3, -0.25) is 14.2 Å². The Kier molecular flexibility index (Phi) is 5.88. The summed E-state index contributed by atoms with van der Waals surface area (Å²) >= 11 is 5.84. The van der Waals surface area contributed by atoms with E-state index in [1.807, 2.05) is 0 Å². The van der Waals surface area contributed by atoms with Crippen molar-refractivity contribution in [1.29, 1.82) is 0 Å². The second-order valence-electron chi connectivity index (χ2n) is 5.85. The average Bonchev–Trinajstić information content (AvgIpc) is 2.57. The fourth-order valence-corrected chi connectivity index (χ4v) is 2.39. The molecule has 0 saturated heterocycles. The Hall–Kier alpha value is -2.82. The number of likely N-dealkylation sites (N-methyl/N-ethyl adjacent to an activating group) is 1. The highest BCUT2D eigenvalue weighted by atomic mass is 35.5. The molecule has 0 atom stereocenters. The van der Waals surface area contributed by atoms with E-state index in [4.69, 9.17) is 16.3 Å². The number of nitrogens with zero attached hydrogens (tertiary/aromatic N) is 3. The second kappa shape index (κ2) is 7.66. The number of ether oxygens (including phenoxy) is 1. The third-order valence-electron chi connectivity index (χ3n) is 3.70. The van der Waals surface area contributed by atoms with Gasteiger partial charge >= 0.3 is 11.9 Å². The van der Waals surface area contributed by atoms with Crippen LogP contribution in [0.25, 0.3) is 5.69 Å². The molecule has 1 heterocycles. The molecule has 0 aliphatic rings. The van der Waals surface area contributed by atoms with Crippen LogP contribution in [0, 0.1) is 5.82 Å². The molecule has 0 fully saturated rings. The number of benzene rings is 1. The van der Waals surface area contributed by atoms with E-state index >= 15 is 0 Å². The fraction of sp³-hybridized carbons (Fsp3) is 0.312. The molecule has 2 aromatic rings. The number of hydrogen-bond acceptors (Lipinski definition) is 4. The number of carbonyl (C=O) groups excluding carboxylic acids is 1. The maximum atomic E-state index is 14.3. The molecule has 7 nitrogen and oxygen atoms in total. The molecule has 0 aliphatic heterocycles. The summed E-state index contributed by atoms with van der Waals surface area (Å²) in [7, 11) is 3.73. The molecule has 0 unspecified atom stereocenters. The van der Waals surface area contributed by atoms with Crippen LogP contribution >= 0.6 is 11.6 Å². The molecule has 0 radical (unpaired) electrons. The van der Waals surface area contributed by atoms with E-state index in [1.54, 1.807) is 0 Å². The topological polar surface area (TPSA) is 73.5 Å². The molecular weight excluding hydrogens is 410 g/mol. The van der Waals surface area contributed by atoms with E-state index in [0.29, 0.717) is 0 Å². The molecule has 28 heavy (non-hydrogen) atoms. The van der Waals surface area contributed by atoms with Gasteiger partial charge in [0.05, 0.1) is 10.7 Å². The highest BCUT2D eigenvalue weighted by Crippen LogP contribution is 2.30. The summed E-state index contributed by atoms with van der Waals surface area (Å²) in [6.07, 6.45) is -4.95. The van der Waals surface area contributed by atoms with Gasteiger partial charge in [-0.2, -0.15) is 13.2 Å². The maximum absolute atomic E-state index is 14.3. The lowest BCUT2D eigenvalue weighted by Gasteiger charge is -2.16. The molecule has 1 amide bonds. The quantitative estimate of drug-likeness (QED) is 0.703. The van der Waals surface area contributed by atoms with Crippen molar-refractivity contribution in [2.45, 2.75) is 6.18 Å². The summed E-state index contributed by atoms with van der Waals surface area (Å²) in [5.41, 5.74) is -4.97. The zero-order chi connectivity index (χ0) is 21.4. The largest absolute Gasteiger partial charge is 0.482 e. The Labute approximate surface area is 160 Å². The van der Waals surface area contributed by atoms with Crippen LogP contribution in [-0.2, 0) is 18.0 Å². The highest BCUT2D eigenvalue weighted by Gasteiger charge is 2.35. The van der Waals surface area contributed by atoms with Crippen molar-refractivity contribution in [2.75, 3.05) is 20.7 Å². The zero-order valence-electron chi connectivity index (χ0n) is 14.8. The van der Waals surface area contributed by atoms with Gasteiger partial charge in [0.2, 0.25) is 0 Å². The number of halogens is 5. The fourth-order valence-electron chi connectivity index (χ4n) is 2.19. The third-order valence-corrected chi connectivity index (χ3v) is 4.00. The molecule has 0 saturated carbocycles. The summed E-state index contributed by atoms with van der Waals surface area (Å²) in [6.45, 7) is -0.474. The summed E-state index contributed by atoms with van der Waals surface area (Å²) in [6, 6.07) is 1.75. The van der Waals surface area contributed by atoms with Crippen LogP contribution in [0.4, 0.5) is 17.6 Å². The molecule has 0 bridgehead atoms. The van der Waals surface area contributed by atoms with Crippen LogP contribution < -0.4 is 16.0 Å². The van der Waals surface area contributed by atoms with Crippen LogP contribution in [-0.4, -0.2) is 40.6 Å². The Bertz CT molecular complexity index is 1040. The second-order valence-corrected chi connectivity index (χ2v) is 6.26. The smallest absolute Gasteiger partial charge is 0.431 e. The van der Waals surface area contributed by atoms with Gasteiger partial charge in [-0.25, -0.2) is 13.8 Å². The lowest BCUT2D eigenvalue weighted by Crippen LogP contribution is -2.41. The van der Waals surface area contributed by atoms with Crippen LogP contribution in [0.5, 0.6) is 5.75 Å². The lowest BCUT2D eigenvalue weighted by atomic mass is 10.2. The van der Waals surface area contributed by atoms with Gasteiger partial charge in [0.1, 0.15) is 17.3 Å². The summed E-state index contributed by atoms with van der Waals surface area (Å²) in [5.74, 6) is -1.83. The minimum Gasteiger partial charge on any atom is -0.482 e. The first-order valence-corrected chi connectivity index (χ1v) is 7.95. The number of hydrogen-bond donors (Lipinski definition) is 0. The summed E-state index contributed by atoms with van der Waals surface area (Å²) < 4.78 is 58.7. The van der Waals surface area contributed by atoms with Crippen LogP contribution in [0.2, 0.25) is 5.02 Å². The minimum atomic E-state index is -4.95. The van der Waals surface area contributed by atoms with E-state index in [2.05, 4.69) is 0 Å².